The van der Waals surface area contributed by atoms with E-state index in [4.69, 9.17) is 0 Å². The Morgan fingerprint density at radius 1 is 1.29 bits per heavy atom. The van der Waals surface area contributed by atoms with E-state index < -0.39 is 0 Å². The lowest BCUT2D eigenvalue weighted by Gasteiger charge is -2.24. The van der Waals surface area contributed by atoms with E-state index in [2.05, 4.69) is 36.2 Å². The van der Waals surface area contributed by atoms with E-state index in [0.29, 0.717) is 12.2 Å². The van der Waals surface area contributed by atoms with Crippen LogP contribution in [0.3, 0.4) is 0 Å². The summed E-state index contributed by atoms with van der Waals surface area (Å²) in [5.74, 6) is 0.388. The molecule has 1 unspecified atom stereocenters. The van der Waals surface area contributed by atoms with Crippen molar-refractivity contribution in [3.8, 4) is 0 Å². The second-order valence-corrected chi connectivity index (χ2v) is 5.18. The summed E-state index contributed by atoms with van der Waals surface area (Å²) < 4.78 is 0. The van der Waals surface area contributed by atoms with Gasteiger partial charge < -0.3 is 0 Å². The van der Waals surface area contributed by atoms with E-state index in [-0.39, 0.29) is 5.41 Å². The molecule has 86 valence electrons. The Morgan fingerprint density at radius 2 is 2.18 bits per heavy atom. The molecule has 0 N–H and O–H groups in total. The first-order valence-electron chi connectivity index (χ1n) is 6.04. The third-order valence-corrected chi connectivity index (χ3v) is 3.87. The molecular formula is C15H15NO. The van der Waals surface area contributed by atoms with Crippen LogP contribution in [0.1, 0.15) is 31.7 Å². The molecule has 1 aromatic heterocycles. The van der Waals surface area contributed by atoms with Crippen molar-refractivity contribution < 1.29 is 4.79 Å². The molecule has 1 saturated carbocycles. The zero-order valence-corrected chi connectivity index (χ0v) is 9.94. The van der Waals surface area contributed by atoms with E-state index in [0.717, 1.165) is 18.2 Å². The average molecular weight is 225 g/mol. The molecule has 2 nitrogen and oxygen atoms in total. The van der Waals surface area contributed by atoms with Crippen LogP contribution in [0.5, 0.6) is 0 Å². The predicted octanol–water partition coefficient (Wildman–Crippen LogP) is 3.25. The summed E-state index contributed by atoms with van der Waals surface area (Å²) in [7, 11) is 0. The zero-order chi connectivity index (χ0) is 11.9. The minimum atomic E-state index is 0.0119. The van der Waals surface area contributed by atoms with Crippen LogP contribution < -0.4 is 0 Å². The van der Waals surface area contributed by atoms with Crippen molar-refractivity contribution in [1.82, 2.24) is 4.98 Å². The number of fused-ring (bicyclic) bond motifs is 1. The number of carbonyl (C=O) groups is 1. The van der Waals surface area contributed by atoms with Gasteiger partial charge in [-0.05, 0) is 23.4 Å². The van der Waals surface area contributed by atoms with E-state index in [1.165, 1.54) is 10.9 Å². The number of hydrogen-bond acceptors (Lipinski definition) is 2. The van der Waals surface area contributed by atoms with Crippen molar-refractivity contribution >= 4 is 16.6 Å². The smallest absolute Gasteiger partial charge is 0.133 e. The number of rotatable bonds is 1. The third-order valence-electron chi connectivity index (χ3n) is 3.87. The molecule has 17 heavy (non-hydrogen) atoms. The van der Waals surface area contributed by atoms with Crippen LogP contribution in [-0.2, 0) is 10.2 Å². The zero-order valence-electron chi connectivity index (χ0n) is 9.94. The van der Waals surface area contributed by atoms with Gasteiger partial charge >= 0.3 is 0 Å². The first-order valence-corrected chi connectivity index (χ1v) is 6.04. The largest absolute Gasteiger partial charge is 0.300 e. The summed E-state index contributed by atoms with van der Waals surface area (Å²) >= 11 is 0. The Bertz CT molecular complexity index is 585. The number of hydrogen-bond donors (Lipinski definition) is 0. The predicted molar refractivity (Wildman–Crippen MR) is 68.0 cm³/mol. The van der Waals surface area contributed by atoms with Gasteiger partial charge in [-0.3, -0.25) is 9.78 Å². The minimum Gasteiger partial charge on any atom is -0.300 e. The van der Waals surface area contributed by atoms with Crippen molar-refractivity contribution in [2.24, 2.45) is 0 Å². The van der Waals surface area contributed by atoms with Crippen molar-refractivity contribution in [2.45, 2.75) is 31.6 Å². The highest BCUT2D eigenvalue weighted by Crippen LogP contribution is 2.41. The summed E-state index contributed by atoms with van der Waals surface area (Å²) in [6.45, 7) is 2.20. The standard InChI is InChI=1S/C15H15NO/c1-15(7-5-12(17)9-15)14-4-2-3-11-10-16-8-6-13(11)14/h2-4,6,8,10H,5,7,9H2,1H3. The summed E-state index contributed by atoms with van der Waals surface area (Å²) in [4.78, 5) is 15.7. The lowest BCUT2D eigenvalue weighted by molar-refractivity contribution is -0.117. The SMILES string of the molecule is CC1(c2cccc3cnccc23)CCC(=O)C1. The highest BCUT2D eigenvalue weighted by molar-refractivity contribution is 5.89. The van der Waals surface area contributed by atoms with Crippen LogP contribution in [0.25, 0.3) is 10.8 Å². The van der Waals surface area contributed by atoms with E-state index in [1.54, 1.807) is 0 Å². The summed E-state index contributed by atoms with van der Waals surface area (Å²) in [5, 5.41) is 2.39. The summed E-state index contributed by atoms with van der Waals surface area (Å²) in [6, 6.07) is 8.35. The van der Waals surface area contributed by atoms with Gasteiger partial charge in [0.15, 0.2) is 0 Å². The maximum atomic E-state index is 11.6. The molecule has 1 aliphatic carbocycles. The number of aromatic nitrogens is 1. The quantitative estimate of drug-likeness (QED) is 0.745. The molecule has 1 heterocycles. The number of ketones is 1. The molecule has 1 aliphatic rings. The van der Waals surface area contributed by atoms with Gasteiger partial charge in [0.05, 0.1) is 0 Å². The summed E-state index contributed by atoms with van der Waals surface area (Å²) in [5.41, 5.74) is 1.31. The molecule has 1 fully saturated rings. The molecule has 0 aliphatic heterocycles. The fourth-order valence-electron chi connectivity index (χ4n) is 2.91. The lowest BCUT2D eigenvalue weighted by atomic mass is 9.79. The molecule has 2 heteroatoms. The molecular weight excluding hydrogens is 210 g/mol. The molecule has 0 spiro atoms. The van der Waals surface area contributed by atoms with Crippen molar-refractivity contribution in [2.75, 3.05) is 0 Å². The van der Waals surface area contributed by atoms with Gasteiger partial charge in [0, 0.05) is 36.0 Å². The molecule has 0 radical (unpaired) electrons. The van der Waals surface area contributed by atoms with Gasteiger partial charge in [-0.1, -0.05) is 25.1 Å². The number of Topliss-reactive ketones (excluding diaryl/α,β-unsaturated/α-hetero) is 1. The average Bonchev–Trinajstić information content (AvgIpc) is 2.70. The van der Waals surface area contributed by atoms with Gasteiger partial charge in [0.25, 0.3) is 0 Å². The number of carbonyl (C=O) groups excluding carboxylic acids is 1. The Hall–Kier alpha value is -1.70. The van der Waals surface area contributed by atoms with Gasteiger partial charge in [-0.25, -0.2) is 0 Å². The van der Waals surface area contributed by atoms with E-state index in [1.807, 2.05) is 12.4 Å². The lowest BCUT2D eigenvalue weighted by Crippen LogP contribution is -2.18. The Morgan fingerprint density at radius 3 is 2.94 bits per heavy atom. The molecule has 0 saturated heterocycles. The van der Waals surface area contributed by atoms with Crippen LogP contribution in [0.15, 0.2) is 36.7 Å². The van der Waals surface area contributed by atoms with E-state index >= 15 is 0 Å². The van der Waals surface area contributed by atoms with Gasteiger partial charge in [0.1, 0.15) is 5.78 Å². The first kappa shape index (κ1) is 10.5. The Kier molecular flexibility index (Phi) is 2.25. The number of benzene rings is 1. The van der Waals surface area contributed by atoms with Crippen molar-refractivity contribution in [1.29, 1.82) is 0 Å². The van der Waals surface area contributed by atoms with Gasteiger partial charge in [-0.2, -0.15) is 0 Å². The van der Waals surface area contributed by atoms with Crippen molar-refractivity contribution in [3.05, 3.63) is 42.2 Å². The highest BCUT2D eigenvalue weighted by atomic mass is 16.1. The van der Waals surface area contributed by atoms with Crippen LogP contribution in [0.4, 0.5) is 0 Å². The second-order valence-electron chi connectivity index (χ2n) is 5.18. The highest BCUT2D eigenvalue weighted by Gasteiger charge is 2.36. The van der Waals surface area contributed by atoms with Crippen LogP contribution in [0, 0.1) is 0 Å². The van der Waals surface area contributed by atoms with Crippen LogP contribution >= 0.6 is 0 Å². The number of nitrogens with zero attached hydrogens (tertiary/aromatic N) is 1. The third kappa shape index (κ3) is 1.64. The number of pyridine rings is 1. The Labute approximate surface area is 101 Å². The van der Waals surface area contributed by atoms with Crippen LogP contribution in [0.2, 0.25) is 0 Å². The topological polar surface area (TPSA) is 30.0 Å². The van der Waals surface area contributed by atoms with Crippen LogP contribution in [-0.4, -0.2) is 10.8 Å². The molecule has 1 atom stereocenters. The molecule has 3 rings (SSSR count). The molecule has 1 aromatic carbocycles. The fraction of sp³-hybridized carbons (Fsp3) is 0.333. The normalized spacial score (nSPS) is 24.4. The Balaban J connectivity index is 2.21. The van der Waals surface area contributed by atoms with E-state index in [9.17, 15) is 4.79 Å². The van der Waals surface area contributed by atoms with Gasteiger partial charge in [-0.15, -0.1) is 0 Å². The molecule has 0 bridgehead atoms. The monoisotopic (exact) mass is 225 g/mol. The maximum Gasteiger partial charge on any atom is 0.133 e. The summed E-state index contributed by atoms with van der Waals surface area (Å²) in [6.07, 6.45) is 6.07. The molecule has 2 aromatic rings. The second kappa shape index (κ2) is 3.66. The first-order chi connectivity index (χ1) is 8.19. The fourth-order valence-corrected chi connectivity index (χ4v) is 2.91. The molecule has 0 amide bonds. The maximum absolute atomic E-state index is 11.6. The minimum absolute atomic E-state index is 0.0119. The van der Waals surface area contributed by atoms with Crippen molar-refractivity contribution in [3.63, 3.8) is 0 Å². The van der Waals surface area contributed by atoms with Gasteiger partial charge in [0.2, 0.25) is 0 Å².